The summed E-state index contributed by atoms with van der Waals surface area (Å²) in [5.74, 6) is 0. The molecule has 0 atom stereocenters. The van der Waals surface area contributed by atoms with E-state index in [4.69, 9.17) is 5.73 Å². The van der Waals surface area contributed by atoms with Gasteiger partial charge in [0.15, 0.2) is 4.60 Å². The molecule has 4 nitrogen and oxygen atoms in total. The average Bonchev–Trinajstić information content (AvgIpc) is 2.59. The van der Waals surface area contributed by atoms with E-state index in [0.717, 1.165) is 21.4 Å². The Labute approximate surface area is 96.2 Å². The van der Waals surface area contributed by atoms with Gasteiger partial charge in [-0.05, 0) is 21.5 Å². The van der Waals surface area contributed by atoms with Gasteiger partial charge >= 0.3 is 0 Å². The lowest BCUT2D eigenvalue weighted by atomic mass is 10.1. The molecule has 0 aliphatic rings. The average molecular weight is 267 g/mol. The highest BCUT2D eigenvalue weighted by Gasteiger charge is 2.12. The first kappa shape index (κ1) is 10.3. The molecular formula is C10H11BrN4. The maximum absolute atomic E-state index is 5.69. The molecular weight excluding hydrogens is 256 g/mol. The predicted molar refractivity (Wildman–Crippen MR) is 62.0 cm³/mol. The minimum absolute atomic E-state index is 0.508. The van der Waals surface area contributed by atoms with Crippen LogP contribution in [0.2, 0.25) is 0 Å². The fourth-order valence-corrected chi connectivity index (χ4v) is 2.09. The summed E-state index contributed by atoms with van der Waals surface area (Å²) in [4.78, 5) is 0. The number of hydrogen-bond acceptors (Lipinski definition) is 3. The van der Waals surface area contributed by atoms with Gasteiger partial charge in [0.2, 0.25) is 0 Å². The lowest BCUT2D eigenvalue weighted by molar-refractivity contribution is 0.719. The third-order valence-corrected chi connectivity index (χ3v) is 2.81. The van der Waals surface area contributed by atoms with Crippen LogP contribution in [0.15, 0.2) is 28.9 Å². The third-order valence-electron chi connectivity index (χ3n) is 2.28. The van der Waals surface area contributed by atoms with Crippen molar-refractivity contribution < 1.29 is 0 Å². The fourth-order valence-electron chi connectivity index (χ4n) is 1.55. The largest absolute Gasteiger partial charge is 0.326 e. The Morgan fingerprint density at radius 3 is 2.73 bits per heavy atom. The van der Waals surface area contributed by atoms with Crippen molar-refractivity contribution in [2.45, 2.75) is 6.54 Å². The maximum Gasteiger partial charge on any atom is 0.156 e. The molecule has 0 unspecified atom stereocenters. The first-order chi connectivity index (χ1) is 7.24. The van der Waals surface area contributed by atoms with Crippen LogP contribution in [0.3, 0.4) is 0 Å². The zero-order valence-electron chi connectivity index (χ0n) is 8.31. The van der Waals surface area contributed by atoms with Crippen molar-refractivity contribution in [3.63, 3.8) is 0 Å². The molecule has 0 aliphatic heterocycles. The molecule has 0 bridgehead atoms. The second kappa shape index (κ2) is 4.12. The van der Waals surface area contributed by atoms with E-state index < -0.39 is 0 Å². The van der Waals surface area contributed by atoms with Crippen LogP contribution in [0.25, 0.3) is 11.3 Å². The van der Waals surface area contributed by atoms with Crippen LogP contribution in [0, 0.1) is 0 Å². The van der Waals surface area contributed by atoms with Gasteiger partial charge in [0.25, 0.3) is 0 Å². The van der Waals surface area contributed by atoms with Gasteiger partial charge in [0, 0.05) is 19.2 Å². The van der Waals surface area contributed by atoms with Crippen LogP contribution in [0.4, 0.5) is 0 Å². The highest BCUT2D eigenvalue weighted by Crippen LogP contribution is 2.28. The quantitative estimate of drug-likeness (QED) is 0.901. The van der Waals surface area contributed by atoms with E-state index in [1.807, 2.05) is 31.3 Å². The van der Waals surface area contributed by atoms with E-state index in [1.165, 1.54) is 0 Å². The van der Waals surface area contributed by atoms with Crippen molar-refractivity contribution in [2.75, 3.05) is 0 Å². The zero-order chi connectivity index (χ0) is 10.8. The fraction of sp³-hybridized carbons (Fsp3) is 0.200. The Balaban J connectivity index is 2.63. The molecule has 1 aromatic heterocycles. The Morgan fingerprint density at radius 2 is 2.13 bits per heavy atom. The molecule has 15 heavy (non-hydrogen) atoms. The molecule has 5 heteroatoms. The molecule has 0 radical (unpaired) electrons. The second-order valence-corrected chi connectivity index (χ2v) is 3.96. The van der Waals surface area contributed by atoms with E-state index in [9.17, 15) is 0 Å². The Bertz CT molecular complexity index is 459. The molecule has 0 spiro atoms. The van der Waals surface area contributed by atoms with E-state index in [-0.39, 0.29) is 0 Å². The van der Waals surface area contributed by atoms with Crippen LogP contribution >= 0.6 is 15.9 Å². The number of nitrogens with two attached hydrogens (primary N) is 1. The monoisotopic (exact) mass is 266 g/mol. The normalized spacial score (nSPS) is 10.6. The van der Waals surface area contributed by atoms with Crippen LogP contribution in [-0.4, -0.2) is 15.0 Å². The van der Waals surface area contributed by atoms with Gasteiger partial charge in [-0.2, -0.15) is 0 Å². The lowest BCUT2D eigenvalue weighted by Gasteiger charge is -2.07. The van der Waals surface area contributed by atoms with Gasteiger partial charge in [-0.15, -0.1) is 5.10 Å². The Kier molecular flexibility index (Phi) is 2.83. The minimum atomic E-state index is 0.508. The number of hydrogen-bond donors (Lipinski definition) is 1. The van der Waals surface area contributed by atoms with E-state index in [2.05, 4.69) is 26.2 Å². The van der Waals surface area contributed by atoms with E-state index >= 15 is 0 Å². The topological polar surface area (TPSA) is 56.7 Å². The first-order valence-corrected chi connectivity index (χ1v) is 5.37. The van der Waals surface area contributed by atoms with Crippen molar-refractivity contribution in [1.82, 2.24) is 15.0 Å². The zero-order valence-corrected chi connectivity index (χ0v) is 9.90. The SMILES string of the molecule is Cn1nnc(Br)c1-c1ccccc1CN. The molecule has 2 N–H and O–H groups in total. The number of aryl methyl sites for hydroxylation is 1. The molecule has 0 amide bonds. The number of benzene rings is 1. The number of nitrogens with zero attached hydrogens (tertiary/aromatic N) is 3. The molecule has 0 saturated heterocycles. The lowest BCUT2D eigenvalue weighted by Crippen LogP contribution is -2.01. The van der Waals surface area contributed by atoms with Crippen LogP contribution in [0.5, 0.6) is 0 Å². The Hall–Kier alpha value is -1.20. The molecule has 0 aliphatic carbocycles. The first-order valence-electron chi connectivity index (χ1n) is 4.57. The summed E-state index contributed by atoms with van der Waals surface area (Å²) in [6.45, 7) is 0.508. The smallest absolute Gasteiger partial charge is 0.156 e. The molecule has 2 rings (SSSR count). The summed E-state index contributed by atoms with van der Waals surface area (Å²) in [5.41, 5.74) is 8.80. The second-order valence-electron chi connectivity index (χ2n) is 3.21. The van der Waals surface area contributed by atoms with Crippen LogP contribution < -0.4 is 5.73 Å². The maximum atomic E-state index is 5.69. The van der Waals surface area contributed by atoms with Gasteiger partial charge in [-0.1, -0.05) is 29.5 Å². The van der Waals surface area contributed by atoms with Crippen molar-refractivity contribution >= 4 is 15.9 Å². The minimum Gasteiger partial charge on any atom is -0.326 e. The summed E-state index contributed by atoms with van der Waals surface area (Å²) >= 11 is 3.38. The molecule has 0 saturated carbocycles. The standard InChI is InChI=1S/C10H11BrN4/c1-15-9(10(11)13-14-15)8-5-3-2-4-7(8)6-12/h2-5H,6,12H2,1H3. The summed E-state index contributed by atoms with van der Waals surface area (Å²) in [7, 11) is 1.86. The van der Waals surface area contributed by atoms with Crippen molar-refractivity contribution in [3.05, 3.63) is 34.4 Å². The number of aromatic nitrogens is 3. The van der Waals surface area contributed by atoms with Crippen molar-refractivity contribution in [1.29, 1.82) is 0 Å². The van der Waals surface area contributed by atoms with Gasteiger partial charge < -0.3 is 5.73 Å². The van der Waals surface area contributed by atoms with Crippen LogP contribution in [0.1, 0.15) is 5.56 Å². The predicted octanol–water partition coefficient (Wildman–Crippen LogP) is 1.70. The van der Waals surface area contributed by atoms with Crippen molar-refractivity contribution in [3.8, 4) is 11.3 Å². The van der Waals surface area contributed by atoms with Crippen molar-refractivity contribution in [2.24, 2.45) is 12.8 Å². The van der Waals surface area contributed by atoms with E-state index in [0.29, 0.717) is 6.54 Å². The number of halogens is 1. The highest BCUT2D eigenvalue weighted by atomic mass is 79.9. The van der Waals surface area contributed by atoms with Gasteiger partial charge in [0.1, 0.15) is 5.69 Å². The molecule has 2 aromatic rings. The van der Waals surface area contributed by atoms with E-state index in [1.54, 1.807) is 4.68 Å². The summed E-state index contributed by atoms with van der Waals surface area (Å²) in [6, 6.07) is 7.98. The summed E-state index contributed by atoms with van der Waals surface area (Å²) in [6.07, 6.45) is 0. The molecule has 78 valence electrons. The van der Waals surface area contributed by atoms with Gasteiger partial charge in [-0.3, -0.25) is 0 Å². The summed E-state index contributed by atoms with van der Waals surface area (Å²) in [5, 5.41) is 7.90. The van der Waals surface area contributed by atoms with Gasteiger partial charge in [-0.25, -0.2) is 4.68 Å². The van der Waals surface area contributed by atoms with Crippen LogP contribution in [-0.2, 0) is 13.6 Å². The molecule has 1 heterocycles. The molecule has 0 fully saturated rings. The van der Waals surface area contributed by atoms with Gasteiger partial charge in [0.05, 0.1) is 0 Å². The number of rotatable bonds is 2. The summed E-state index contributed by atoms with van der Waals surface area (Å²) < 4.78 is 2.48. The molecule has 1 aromatic carbocycles. The Morgan fingerprint density at radius 1 is 1.40 bits per heavy atom. The third kappa shape index (κ3) is 1.80. The highest BCUT2D eigenvalue weighted by molar-refractivity contribution is 9.10.